The van der Waals surface area contributed by atoms with Gasteiger partial charge in [-0.05, 0) is 55.8 Å². The van der Waals surface area contributed by atoms with Crippen molar-refractivity contribution >= 4 is 17.5 Å². The van der Waals surface area contributed by atoms with Crippen molar-refractivity contribution in [2.24, 2.45) is 0 Å². The number of anilines is 1. The van der Waals surface area contributed by atoms with Crippen molar-refractivity contribution in [2.75, 3.05) is 18.5 Å². The Morgan fingerprint density at radius 2 is 1.39 bits per heavy atom. The second-order valence-electron chi connectivity index (χ2n) is 6.73. The van der Waals surface area contributed by atoms with E-state index in [1.807, 2.05) is 44.2 Å². The molecule has 0 spiro atoms. The number of hydrogen-bond donors (Lipinski definition) is 2. The molecule has 3 aromatic rings. The van der Waals surface area contributed by atoms with Gasteiger partial charge in [0.1, 0.15) is 0 Å². The van der Waals surface area contributed by atoms with Gasteiger partial charge in [0.2, 0.25) is 0 Å². The molecule has 0 bridgehead atoms. The van der Waals surface area contributed by atoms with Gasteiger partial charge in [-0.1, -0.05) is 30.3 Å². The normalized spacial score (nSPS) is 10.3. The van der Waals surface area contributed by atoms with Gasteiger partial charge in [0, 0.05) is 29.4 Å². The second kappa shape index (κ2) is 10.8. The van der Waals surface area contributed by atoms with E-state index < -0.39 is 0 Å². The van der Waals surface area contributed by atoms with Crippen LogP contribution in [0.25, 0.3) is 0 Å². The second-order valence-corrected chi connectivity index (χ2v) is 6.73. The highest BCUT2D eigenvalue weighted by Crippen LogP contribution is 2.30. The number of rotatable bonds is 9. The molecular weight excluding hydrogens is 392 g/mol. The largest absolute Gasteiger partial charge is 0.490 e. The van der Waals surface area contributed by atoms with E-state index in [0.717, 1.165) is 5.56 Å². The molecule has 0 radical (unpaired) electrons. The minimum Gasteiger partial charge on any atom is -0.490 e. The molecule has 3 rings (SSSR count). The smallest absolute Gasteiger partial charge is 0.255 e. The third-order valence-corrected chi connectivity index (χ3v) is 4.51. The topological polar surface area (TPSA) is 76.7 Å². The molecule has 31 heavy (non-hydrogen) atoms. The Kier molecular flexibility index (Phi) is 7.65. The van der Waals surface area contributed by atoms with E-state index in [0.29, 0.717) is 48.1 Å². The van der Waals surface area contributed by atoms with Gasteiger partial charge in [-0.15, -0.1) is 0 Å². The Balaban J connectivity index is 1.60. The molecule has 0 aliphatic carbocycles. The van der Waals surface area contributed by atoms with Crippen molar-refractivity contribution in [2.45, 2.75) is 20.4 Å². The fraction of sp³-hybridized carbons (Fsp3) is 0.200. The lowest BCUT2D eigenvalue weighted by atomic mass is 10.1. The first-order chi connectivity index (χ1) is 15.1. The van der Waals surface area contributed by atoms with E-state index >= 15 is 0 Å². The summed E-state index contributed by atoms with van der Waals surface area (Å²) in [6, 6.07) is 21.5. The molecule has 6 heteroatoms. The molecule has 0 saturated carbocycles. The zero-order valence-electron chi connectivity index (χ0n) is 17.7. The summed E-state index contributed by atoms with van der Waals surface area (Å²) in [5, 5.41) is 5.75. The van der Waals surface area contributed by atoms with E-state index in [9.17, 15) is 9.59 Å². The van der Waals surface area contributed by atoms with Crippen LogP contribution in [0.15, 0.2) is 72.8 Å². The van der Waals surface area contributed by atoms with Crippen LogP contribution in [0.1, 0.15) is 40.1 Å². The number of nitrogens with one attached hydrogen (secondary N) is 2. The van der Waals surface area contributed by atoms with Crippen molar-refractivity contribution < 1.29 is 19.1 Å². The van der Waals surface area contributed by atoms with Crippen molar-refractivity contribution in [1.82, 2.24) is 5.32 Å². The first kappa shape index (κ1) is 21.9. The lowest BCUT2D eigenvalue weighted by Gasteiger charge is -2.13. The van der Waals surface area contributed by atoms with Crippen molar-refractivity contribution in [1.29, 1.82) is 0 Å². The van der Waals surface area contributed by atoms with Gasteiger partial charge in [-0.2, -0.15) is 0 Å². The maximum Gasteiger partial charge on any atom is 0.255 e. The lowest BCUT2D eigenvalue weighted by Crippen LogP contribution is -2.22. The lowest BCUT2D eigenvalue weighted by molar-refractivity contribution is 0.0949. The number of ether oxygens (including phenoxy) is 2. The Hall–Kier alpha value is -3.80. The predicted octanol–water partition coefficient (Wildman–Crippen LogP) is 4.67. The fourth-order valence-electron chi connectivity index (χ4n) is 2.98. The van der Waals surface area contributed by atoms with Crippen LogP contribution in [0.3, 0.4) is 0 Å². The Bertz CT molecular complexity index is 1020. The van der Waals surface area contributed by atoms with Gasteiger partial charge in [0.15, 0.2) is 11.5 Å². The standard InChI is InChI=1S/C25H26N2O4/c1-3-30-22-15-14-21(16-23(22)31-4-2)27-25(29)20-12-10-18(11-13-20)17-26-24(28)19-8-6-5-7-9-19/h5-16H,3-4,17H2,1-2H3,(H,26,28)(H,27,29). The average Bonchev–Trinajstić information content (AvgIpc) is 2.80. The summed E-state index contributed by atoms with van der Waals surface area (Å²) >= 11 is 0. The molecule has 0 aromatic heterocycles. The summed E-state index contributed by atoms with van der Waals surface area (Å²) in [4.78, 5) is 24.7. The molecule has 2 amide bonds. The van der Waals surface area contributed by atoms with E-state index in [4.69, 9.17) is 9.47 Å². The van der Waals surface area contributed by atoms with Crippen LogP contribution >= 0.6 is 0 Å². The van der Waals surface area contributed by atoms with Gasteiger partial charge in [-0.25, -0.2) is 0 Å². The van der Waals surface area contributed by atoms with E-state index in [2.05, 4.69) is 10.6 Å². The molecule has 0 aliphatic heterocycles. The highest BCUT2D eigenvalue weighted by Gasteiger charge is 2.11. The molecule has 6 nitrogen and oxygen atoms in total. The molecule has 0 heterocycles. The molecule has 3 aromatic carbocycles. The molecule has 0 unspecified atom stereocenters. The van der Waals surface area contributed by atoms with Crippen LogP contribution < -0.4 is 20.1 Å². The Morgan fingerprint density at radius 1 is 0.742 bits per heavy atom. The first-order valence-corrected chi connectivity index (χ1v) is 10.2. The van der Waals surface area contributed by atoms with E-state index in [-0.39, 0.29) is 11.8 Å². The van der Waals surface area contributed by atoms with Gasteiger partial charge in [0.25, 0.3) is 11.8 Å². The third-order valence-electron chi connectivity index (χ3n) is 4.51. The zero-order valence-corrected chi connectivity index (χ0v) is 17.7. The van der Waals surface area contributed by atoms with Gasteiger partial charge in [0.05, 0.1) is 13.2 Å². The van der Waals surface area contributed by atoms with Crippen molar-refractivity contribution in [3.8, 4) is 11.5 Å². The van der Waals surface area contributed by atoms with Gasteiger partial charge < -0.3 is 20.1 Å². The van der Waals surface area contributed by atoms with Crippen LogP contribution in [0.4, 0.5) is 5.69 Å². The average molecular weight is 418 g/mol. The summed E-state index contributed by atoms with van der Waals surface area (Å²) < 4.78 is 11.1. The van der Waals surface area contributed by atoms with Crippen LogP contribution in [-0.4, -0.2) is 25.0 Å². The number of carbonyl (C=O) groups excluding carboxylic acids is 2. The minimum atomic E-state index is -0.230. The Labute approximate surface area is 182 Å². The van der Waals surface area contributed by atoms with Crippen LogP contribution in [0.2, 0.25) is 0 Å². The van der Waals surface area contributed by atoms with Crippen LogP contribution in [0.5, 0.6) is 11.5 Å². The van der Waals surface area contributed by atoms with Crippen LogP contribution in [-0.2, 0) is 6.54 Å². The minimum absolute atomic E-state index is 0.136. The predicted molar refractivity (Wildman–Crippen MR) is 121 cm³/mol. The molecule has 2 N–H and O–H groups in total. The van der Waals surface area contributed by atoms with E-state index in [1.54, 1.807) is 42.5 Å². The monoisotopic (exact) mass is 418 g/mol. The summed E-state index contributed by atoms with van der Waals surface area (Å²) in [5.74, 6) is 0.866. The summed E-state index contributed by atoms with van der Waals surface area (Å²) in [7, 11) is 0. The zero-order chi connectivity index (χ0) is 22.1. The van der Waals surface area contributed by atoms with E-state index in [1.165, 1.54) is 0 Å². The molecule has 0 saturated heterocycles. The van der Waals surface area contributed by atoms with Crippen LogP contribution in [0, 0.1) is 0 Å². The molecule has 160 valence electrons. The Morgan fingerprint density at radius 3 is 2.06 bits per heavy atom. The maximum atomic E-state index is 12.6. The maximum absolute atomic E-state index is 12.6. The highest BCUT2D eigenvalue weighted by atomic mass is 16.5. The fourth-order valence-corrected chi connectivity index (χ4v) is 2.98. The highest BCUT2D eigenvalue weighted by molar-refractivity contribution is 6.04. The number of hydrogen-bond acceptors (Lipinski definition) is 4. The molecule has 0 aliphatic rings. The first-order valence-electron chi connectivity index (χ1n) is 10.2. The molecule has 0 fully saturated rings. The van der Waals surface area contributed by atoms with Gasteiger partial charge in [-0.3, -0.25) is 9.59 Å². The van der Waals surface area contributed by atoms with Crippen molar-refractivity contribution in [3.05, 3.63) is 89.5 Å². The summed E-state index contributed by atoms with van der Waals surface area (Å²) in [5.41, 5.74) is 2.65. The molecule has 0 atom stereocenters. The van der Waals surface area contributed by atoms with Gasteiger partial charge >= 0.3 is 0 Å². The number of carbonyl (C=O) groups is 2. The third kappa shape index (κ3) is 6.09. The quantitative estimate of drug-likeness (QED) is 0.530. The molecular formula is C25H26N2O4. The number of benzene rings is 3. The summed E-state index contributed by atoms with van der Waals surface area (Å²) in [6.45, 7) is 5.21. The number of amides is 2. The van der Waals surface area contributed by atoms with Crippen molar-refractivity contribution in [3.63, 3.8) is 0 Å². The SMILES string of the molecule is CCOc1ccc(NC(=O)c2ccc(CNC(=O)c3ccccc3)cc2)cc1OCC. The summed E-state index contributed by atoms with van der Waals surface area (Å²) in [6.07, 6.45) is 0.